The minimum Gasteiger partial charge on any atom is -0.314 e. The standard InChI is InChI=1S/C16H15ClFN3/c1-19-9-15-13-4-2-3-5-16(13)21(20-15)10-11-6-7-12(18)8-14(11)17/h2-8,19H,9-10H2,1H3. The number of rotatable bonds is 4. The van der Waals surface area contributed by atoms with Crippen molar-refractivity contribution in [3.05, 3.63) is 64.6 Å². The number of nitrogens with one attached hydrogen (secondary N) is 1. The monoisotopic (exact) mass is 303 g/mol. The third-order valence-electron chi connectivity index (χ3n) is 3.41. The molecule has 0 aliphatic rings. The fourth-order valence-corrected chi connectivity index (χ4v) is 2.65. The number of para-hydroxylation sites is 1. The van der Waals surface area contributed by atoms with E-state index in [4.69, 9.17) is 11.6 Å². The summed E-state index contributed by atoms with van der Waals surface area (Å²) < 4.78 is 15.0. The predicted molar refractivity (Wildman–Crippen MR) is 83.0 cm³/mol. The maximum Gasteiger partial charge on any atom is 0.124 e. The summed E-state index contributed by atoms with van der Waals surface area (Å²) in [7, 11) is 1.89. The number of hydrogen-bond donors (Lipinski definition) is 1. The molecule has 21 heavy (non-hydrogen) atoms. The van der Waals surface area contributed by atoms with Crippen molar-refractivity contribution in [3.8, 4) is 0 Å². The molecule has 0 amide bonds. The van der Waals surface area contributed by atoms with E-state index in [0.29, 0.717) is 18.1 Å². The van der Waals surface area contributed by atoms with Gasteiger partial charge in [-0.2, -0.15) is 5.10 Å². The largest absolute Gasteiger partial charge is 0.314 e. The van der Waals surface area contributed by atoms with Gasteiger partial charge in [-0.3, -0.25) is 4.68 Å². The highest BCUT2D eigenvalue weighted by molar-refractivity contribution is 6.31. The summed E-state index contributed by atoms with van der Waals surface area (Å²) in [4.78, 5) is 0. The van der Waals surface area contributed by atoms with Crippen LogP contribution in [0.4, 0.5) is 4.39 Å². The van der Waals surface area contributed by atoms with Crippen LogP contribution in [0.15, 0.2) is 42.5 Å². The number of halogens is 2. The maximum atomic E-state index is 13.1. The van der Waals surface area contributed by atoms with Gasteiger partial charge >= 0.3 is 0 Å². The number of nitrogens with zero attached hydrogens (tertiary/aromatic N) is 2. The van der Waals surface area contributed by atoms with E-state index >= 15 is 0 Å². The highest BCUT2D eigenvalue weighted by atomic mass is 35.5. The van der Waals surface area contributed by atoms with Crippen LogP contribution in [0.25, 0.3) is 10.9 Å². The molecule has 3 nitrogen and oxygen atoms in total. The second-order valence-corrected chi connectivity index (χ2v) is 5.29. The van der Waals surface area contributed by atoms with Gasteiger partial charge in [-0.05, 0) is 30.8 Å². The lowest BCUT2D eigenvalue weighted by Crippen LogP contribution is -2.08. The molecule has 0 radical (unpaired) electrons. The van der Waals surface area contributed by atoms with E-state index in [2.05, 4.69) is 16.5 Å². The summed E-state index contributed by atoms with van der Waals surface area (Å²) in [5.41, 5.74) is 2.89. The van der Waals surface area contributed by atoms with Crippen molar-refractivity contribution in [2.45, 2.75) is 13.1 Å². The van der Waals surface area contributed by atoms with Gasteiger partial charge in [0.15, 0.2) is 0 Å². The predicted octanol–water partition coefficient (Wildman–Crippen LogP) is 3.60. The number of hydrogen-bond acceptors (Lipinski definition) is 2. The van der Waals surface area contributed by atoms with Crippen molar-refractivity contribution in [2.75, 3.05) is 7.05 Å². The molecule has 3 rings (SSSR count). The first-order chi connectivity index (χ1) is 10.2. The first-order valence-corrected chi connectivity index (χ1v) is 7.10. The number of benzene rings is 2. The topological polar surface area (TPSA) is 29.9 Å². The van der Waals surface area contributed by atoms with E-state index in [-0.39, 0.29) is 5.82 Å². The van der Waals surface area contributed by atoms with Crippen LogP contribution >= 0.6 is 11.6 Å². The summed E-state index contributed by atoms with van der Waals surface area (Å²) in [5, 5.41) is 9.30. The van der Waals surface area contributed by atoms with E-state index in [1.54, 1.807) is 6.07 Å². The molecule has 0 spiro atoms. The van der Waals surface area contributed by atoms with Crippen LogP contribution in [-0.2, 0) is 13.1 Å². The molecule has 1 N–H and O–H groups in total. The average Bonchev–Trinajstić information content (AvgIpc) is 2.81. The Bertz CT molecular complexity index is 782. The Morgan fingerprint density at radius 2 is 2.05 bits per heavy atom. The molecule has 1 heterocycles. The van der Waals surface area contributed by atoms with Crippen molar-refractivity contribution in [1.82, 2.24) is 15.1 Å². The minimum atomic E-state index is -0.329. The Labute approximate surface area is 127 Å². The van der Waals surface area contributed by atoms with Gasteiger partial charge in [0.2, 0.25) is 0 Å². The molecule has 0 atom stereocenters. The normalized spacial score (nSPS) is 11.2. The molecule has 0 aliphatic carbocycles. The fraction of sp³-hybridized carbons (Fsp3) is 0.188. The molecule has 0 saturated heterocycles. The Balaban J connectivity index is 2.04. The zero-order valence-corrected chi connectivity index (χ0v) is 12.4. The highest BCUT2D eigenvalue weighted by Crippen LogP contribution is 2.22. The third-order valence-corrected chi connectivity index (χ3v) is 3.77. The Morgan fingerprint density at radius 1 is 1.24 bits per heavy atom. The van der Waals surface area contributed by atoms with E-state index in [1.165, 1.54) is 12.1 Å². The molecule has 0 saturated carbocycles. The Kier molecular flexibility index (Phi) is 3.90. The summed E-state index contributed by atoms with van der Waals surface area (Å²) in [6.45, 7) is 1.22. The molecule has 108 valence electrons. The van der Waals surface area contributed by atoms with Crippen molar-refractivity contribution < 1.29 is 4.39 Å². The lowest BCUT2D eigenvalue weighted by atomic mass is 10.2. The van der Waals surface area contributed by atoms with E-state index in [0.717, 1.165) is 22.2 Å². The van der Waals surface area contributed by atoms with Gasteiger partial charge in [-0.1, -0.05) is 35.9 Å². The molecule has 3 aromatic rings. The van der Waals surface area contributed by atoms with Crippen molar-refractivity contribution >= 4 is 22.5 Å². The SMILES string of the molecule is CNCc1nn(Cc2ccc(F)cc2Cl)c2ccccc12. The summed E-state index contributed by atoms with van der Waals surface area (Å²) in [5.74, 6) is -0.329. The first-order valence-electron chi connectivity index (χ1n) is 6.72. The summed E-state index contributed by atoms with van der Waals surface area (Å²) in [6, 6.07) is 12.5. The van der Waals surface area contributed by atoms with E-state index < -0.39 is 0 Å². The van der Waals surface area contributed by atoms with Gasteiger partial charge in [-0.25, -0.2) is 4.39 Å². The Hall–Kier alpha value is -1.91. The molecule has 0 bridgehead atoms. The molecule has 5 heteroatoms. The van der Waals surface area contributed by atoms with Gasteiger partial charge in [0, 0.05) is 17.0 Å². The molecular formula is C16H15ClFN3. The first kappa shape index (κ1) is 14.0. The summed E-state index contributed by atoms with van der Waals surface area (Å²) in [6.07, 6.45) is 0. The second-order valence-electron chi connectivity index (χ2n) is 4.89. The molecular weight excluding hydrogens is 289 g/mol. The van der Waals surface area contributed by atoms with Crippen LogP contribution in [0, 0.1) is 5.82 Å². The van der Waals surface area contributed by atoms with Crippen molar-refractivity contribution in [1.29, 1.82) is 0 Å². The Morgan fingerprint density at radius 3 is 2.81 bits per heavy atom. The van der Waals surface area contributed by atoms with Crippen LogP contribution < -0.4 is 5.32 Å². The van der Waals surface area contributed by atoms with Crippen molar-refractivity contribution in [3.63, 3.8) is 0 Å². The van der Waals surface area contributed by atoms with Gasteiger partial charge < -0.3 is 5.32 Å². The highest BCUT2D eigenvalue weighted by Gasteiger charge is 2.11. The number of aromatic nitrogens is 2. The minimum absolute atomic E-state index is 0.329. The molecule has 0 fully saturated rings. The van der Waals surface area contributed by atoms with Crippen LogP contribution in [0.1, 0.15) is 11.3 Å². The lowest BCUT2D eigenvalue weighted by molar-refractivity contribution is 0.624. The zero-order valence-electron chi connectivity index (χ0n) is 11.6. The van der Waals surface area contributed by atoms with E-state index in [9.17, 15) is 4.39 Å². The third kappa shape index (κ3) is 2.77. The van der Waals surface area contributed by atoms with E-state index in [1.807, 2.05) is 29.9 Å². The van der Waals surface area contributed by atoms with Crippen molar-refractivity contribution in [2.24, 2.45) is 0 Å². The second kappa shape index (κ2) is 5.84. The van der Waals surface area contributed by atoms with Gasteiger partial charge in [0.25, 0.3) is 0 Å². The molecule has 0 aliphatic heterocycles. The van der Waals surface area contributed by atoms with Gasteiger partial charge in [0.05, 0.1) is 17.8 Å². The molecule has 0 unspecified atom stereocenters. The van der Waals surface area contributed by atoms with Gasteiger partial charge in [0.1, 0.15) is 5.82 Å². The smallest absolute Gasteiger partial charge is 0.124 e. The average molecular weight is 304 g/mol. The molecule has 1 aromatic heterocycles. The fourth-order valence-electron chi connectivity index (χ4n) is 2.43. The molecule has 2 aromatic carbocycles. The maximum absolute atomic E-state index is 13.1. The van der Waals surface area contributed by atoms with Crippen LogP contribution in [-0.4, -0.2) is 16.8 Å². The lowest BCUT2D eigenvalue weighted by Gasteiger charge is -2.06. The van der Waals surface area contributed by atoms with Crippen LogP contribution in [0.3, 0.4) is 0 Å². The van der Waals surface area contributed by atoms with Gasteiger partial charge in [-0.15, -0.1) is 0 Å². The quantitative estimate of drug-likeness (QED) is 0.798. The number of fused-ring (bicyclic) bond motifs is 1. The summed E-state index contributed by atoms with van der Waals surface area (Å²) >= 11 is 6.11. The van der Waals surface area contributed by atoms with Crippen LogP contribution in [0.5, 0.6) is 0 Å². The van der Waals surface area contributed by atoms with Crippen LogP contribution in [0.2, 0.25) is 5.02 Å². The zero-order chi connectivity index (χ0) is 14.8.